The third-order valence-electron chi connectivity index (χ3n) is 4.12. The summed E-state index contributed by atoms with van der Waals surface area (Å²) < 4.78 is 0. The van der Waals surface area contributed by atoms with E-state index < -0.39 is 0 Å². The fraction of sp³-hybridized carbons (Fsp3) is 0.0625. The molecule has 0 spiro atoms. The summed E-state index contributed by atoms with van der Waals surface area (Å²) in [6.45, 7) is 0. The van der Waals surface area contributed by atoms with E-state index in [1.807, 2.05) is 12.1 Å². The predicted molar refractivity (Wildman–Crippen MR) is 74.7 cm³/mol. The second-order valence-electron chi connectivity index (χ2n) is 5.20. The van der Waals surface area contributed by atoms with Gasteiger partial charge in [-0.2, -0.15) is 5.10 Å². The maximum Gasteiger partial charge on any atom is 0.116 e. The van der Waals surface area contributed by atoms with Crippen molar-refractivity contribution in [3.8, 4) is 16.9 Å². The van der Waals surface area contributed by atoms with Crippen LogP contribution in [0.5, 0.6) is 5.75 Å². The maximum absolute atomic E-state index is 9.83. The molecule has 4 aliphatic rings. The van der Waals surface area contributed by atoms with Crippen LogP contribution in [0.3, 0.4) is 0 Å². The molecule has 90 valence electrons. The molecular formula is C16H10N2O. The number of nitrogens with one attached hydrogen (secondary N) is 1. The largest absolute Gasteiger partial charge is 0.508 e. The summed E-state index contributed by atoms with van der Waals surface area (Å²) in [6.07, 6.45) is 0.886. The van der Waals surface area contributed by atoms with Crippen molar-refractivity contribution < 1.29 is 5.11 Å². The van der Waals surface area contributed by atoms with Crippen LogP contribution in [0.2, 0.25) is 0 Å². The van der Waals surface area contributed by atoms with Crippen LogP contribution in [-0.2, 0) is 6.42 Å². The average molecular weight is 246 g/mol. The zero-order valence-corrected chi connectivity index (χ0v) is 10.1. The van der Waals surface area contributed by atoms with Crippen molar-refractivity contribution >= 4 is 21.7 Å². The highest BCUT2D eigenvalue weighted by Gasteiger charge is 2.24. The zero-order valence-electron chi connectivity index (χ0n) is 10.1. The number of nitrogens with zero attached hydrogens (tertiary/aromatic N) is 1. The van der Waals surface area contributed by atoms with E-state index in [0.717, 1.165) is 28.8 Å². The Kier molecular flexibility index (Phi) is 1.42. The van der Waals surface area contributed by atoms with Gasteiger partial charge in [0.15, 0.2) is 0 Å². The van der Waals surface area contributed by atoms with Gasteiger partial charge in [0, 0.05) is 11.8 Å². The van der Waals surface area contributed by atoms with Gasteiger partial charge >= 0.3 is 0 Å². The topological polar surface area (TPSA) is 48.9 Å². The van der Waals surface area contributed by atoms with E-state index in [9.17, 15) is 5.11 Å². The Balaban J connectivity index is 2.12. The molecule has 0 atom stereocenters. The minimum Gasteiger partial charge on any atom is -0.508 e. The van der Waals surface area contributed by atoms with Gasteiger partial charge in [-0.15, -0.1) is 0 Å². The van der Waals surface area contributed by atoms with Gasteiger partial charge in [0.2, 0.25) is 0 Å². The van der Waals surface area contributed by atoms with Crippen LogP contribution in [0.4, 0.5) is 0 Å². The first-order chi connectivity index (χ1) is 9.31. The molecule has 1 aromatic carbocycles. The molecule has 0 aliphatic heterocycles. The van der Waals surface area contributed by atoms with Gasteiger partial charge in [-0.25, -0.2) is 0 Å². The second-order valence-corrected chi connectivity index (χ2v) is 5.20. The van der Waals surface area contributed by atoms with Crippen molar-refractivity contribution in [3.63, 3.8) is 0 Å². The molecule has 6 rings (SSSR count). The quantitative estimate of drug-likeness (QED) is 0.440. The zero-order chi connectivity index (χ0) is 12.6. The summed E-state index contributed by atoms with van der Waals surface area (Å²) in [5.74, 6) is 0.307. The lowest BCUT2D eigenvalue weighted by molar-refractivity contribution is 0.476. The summed E-state index contributed by atoms with van der Waals surface area (Å²) in [4.78, 5) is 0. The van der Waals surface area contributed by atoms with Gasteiger partial charge < -0.3 is 5.11 Å². The summed E-state index contributed by atoms with van der Waals surface area (Å²) in [5.41, 5.74) is 5.85. The van der Waals surface area contributed by atoms with Gasteiger partial charge in [0.05, 0.1) is 11.2 Å². The van der Waals surface area contributed by atoms with Crippen LogP contribution in [0.1, 0.15) is 11.3 Å². The molecule has 2 aromatic rings. The lowest BCUT2D eigenvalue weighted by atomic mass is 9.91. The van der Waals surface area contributed by atoms with Crippen molar-refractivity contribution in [2.24, 2.45) is 0 Å². The molecule has 3 heteroatoms. The fourth-order valence-electron chi connectivity index (χ4n) is 3.37. The van der Waals surface area contributed by atoms with E-state index in [1.165, 1.54) is 21.7 Å². The lowest BCUT2D eigenvalue weighted by Gasteiger charge is -2.11. The molecule has 0 fully saturated rings. The summed E-state index contributed by atoms with van der Waals surface area (Å²) in [5, 5.41) is 21.1. The van der Waals surface area contributed by atoms with Crippen LogP contribution < -0.4 is 0 Å². The standard InChI is InChI=1S/C16H10N2O/c19-10-3-1-2-8-4-12-15(11(8)7-10)9-5-13-16(12)14(6-9)18-17-13/h1-5,7,19H,6H2,(H,17,18). The molecule has 0 saturated heterocycles. The van der Waals surface area contributed by atoms with Crippen LogP contribution in [-0.4, -0.2) is 15.3 Å². The Hall–Kier alpha value is -2.55. The minimum absolute atomic E-state index is 0.307. The Labute approximate surface area is 108 Å². The van der Waals surface area contributed by atoms with Crippen LogP contribution in [0.25, 0.3) is 32.8 Å². The van der Waals surface area contributed by atoms with Gasteiger partial charge in [0.1, 0.15) is 5.75 Å². The first-order valence-electron chi connectivity index (χ1n) is 6.35. The van der Waals surface area contributed by atoms with Gasteiger partial charge in [-0.1, -0.05) is 12.1 Å². The Morgan fingerprint density at radius 2 is 2.05 bits per heavy atom. The number of H-pyrrole nitrogens is 1. The summed E-state index contributed by atoms with van der Waals surface area (Å²) >= 11 is 0. The first kappa shape index (κ1) is 9.39. The highest BCUT2D eigenvalue weighted by atomic mass is 16.3. The molecule has 1 aromatic heterocycles. The van der Waals surface area contributed by atoms with Gasteiger partial charge in [-0.3, -0.25) is 5.10 Å². The predicted octanol–water partition coefficient (Wildman–Crippen LogP) is 3.43. The smallest absolute Gasteiger partial charge is 0.116 e. The summed E-state index contributed by atoms with van der Waals surface area (Å²) in [6, 6.07) is 11.9. The number of benzene rings is 1. The highest BCUT2D eigenvalue weighted by molar-refractivity contribution is 6.19. The van der Waals surface area contributed by atoms with E-state index in [1.54, 1.807) is 6.07 Å². The molecule has 4 bridgehead atoms. The maximum atomic E-state index is 9.83. The number of aromatic hydroxyl groups is 1. The fourth-order valence-corrected chi connectivity index (χ4v) is 3.37. The van der Waals surface area contributed by atoms with Crippen molar-refractivity contribution in [1.29, 1.82) is 0 Å². The Bertz CT molecular complexity index is 952. The van der Waals surface area contributed by atoms with Gasteiger partial charge in [0.25, 0.3) is 0 Å². The molecule has 0 saturated carbocycles. The van der Waals surface area contributed by atoms with Crippen molar-refractivity contribution in [1.82, 2.24) is 10.2 Å². The minimum atomic E-state index is 0.307. The van der Waals surface area contributed by atoms with E-state index in [0.29, 0.717) is 5.75 Å². The van der Waals surface area contributed by atoms with E-state index in [-0.39, 0.29) is 0 Å². The molecule has 0 unspecified atom stereocenters. The molecule has 4 aliphatic carbocycles. The summed E-state index contributed by atoms with van der Waals surface area (Å²) in [7, 11) is 0. The van der Waals surface area contributed by atoms with Crippen molar-refractivity contribution in [2.45, 2.75) is 6.42 Å². The SMILES string of the molecule is Oc1cccc2cc3c(c4cc5[nH]nc(c53)C4)c-2c1. The number of aromatic amines is 1. The number of aromatic nitrogens is 2. The molecule has 2 N–H and O–H groups in total. The molecule has 3 nitrogen and oxygen atoms in total. The lowest BCUT2D eigenvalue weighted by Crippen LogP contribution is -1.95. The van der Waals surface area contributed by atoms with Crippen molar-refractivity contribution in [2.75, 3.05) is 0 Å². The average Bonchev–Trinajstić information content (AvgIpc) is 2.83. The first-order valence-corrected chi connectivity index (χ1v) is 6.35. The molecular weight excluding hydrogens is 236 g/mol. The number of rotatable bonds is 0. The van der Waals surface area contributed by atoms with Gasteiger partial charge in [-0.05, 0) is 51.7 Å². The molecule has 1 heterocycles. The molecule has 0 radical (unpaired) electrons. The van der Waals surface area contributed by atoms with E-state index in [4.69, 9.17) is 0 Å². The van der Waals surface area contributed by atoms with Crippen LogP contribution in [0.15, 0.2) is 36.4 Å². The third kappa shape index (κ3) is 1.02. The monoisotopic (exact) mass is 246 g/mol. The second kappa shape index (κ2) is 2.88. The Morgan fingerprint density at radius 3 is 2.95 bits per heavy atom. The van der Waals surface area contributed by atoms with E-state index in [2.05, 4.69) is 28.4 Å². The number of hydrogen-bond acceptors (Lipinski definition) is 2. The highest BCUT2D eigenvalue weighted by Crippen LogP contribution is 2.45. The number of hydrogen-bond donors (Lipinski definition) is 2. The Morgan fingerprint density at radius 1 is 1.11 bits per heavy atom. The third-order valence-corrected chi connectivity index (χ3v) is 4.12. The normalized spacial score (nSPS) is 13.3. The molecule has 0 amide bonds. The van der Waals surface area contributed by atoms with Crippen molar-refractivity contribution in [3.05, 3.63) is 47.7 Å². The van der Waals surface area contributed by atoms with Crippen LogP contribution in [0, 0.1) is 0 Å². The number of fused-ring (bicyclic) bond motifs is 1. The molecule has 19 heavy (non-hydrogen) atoms. The van der Waals surface area contributed by atoms with Crippen LogP contribution >= 0.6 is 0 Å². The van der Waals surface area contributed by atoms with E-state index >= 15 is 0 Å².